The van der Waals surface area contributed by atoms with Crippen molar-refractivity contribution in [2.75, 3.05) is 13.7 Å². The number of nitrogens with zero attached hydrogens (tertiary/aromatic N) is 1. The minimum Gasteiger partial charge on any atom is -0.484 e. The van der Waals surface area contributed by atoms with Crippen LogP contribution in [0.2, 0.25) is 0 Å². The standard InChI is InChI=1S/C13H18FNO2/c1-4-10(2)15(3)13(16)9-17-12-7-5-11(14)6-8-12/h5-8,10H,4,9H2,1-3H3. The molecule has 1 atom stereocenters. The first kappa shape index (κ1) is 13.5. The molecule has 1 aromatic rings. The molecule has 0 aromatic heterocycles. The first-order valence-electron chi connectivity index (χ1n) is 5.68. The van der Waals surface area contributed by atoms with E-state index < -0.39 is 0 Å². The summed E-state index contributed by atoms with van der Waals surface area (Å²) in [7, 11) is 1.75. The summed E-state index contributed by atoms with van der Waals surface area (Å²) in [6.07, 6.45) is 0.902. The highest BCUT2D eigenvalue weighted by Gasteiger charge is 2.14. The van der Waals surface area contributed by atoms with Crippen molar-refractivity contribution in [3.8, 4) is 5.75 Å². The number of carbonyl (C=O) groups excluding carboxylic acids is 1. The molecule has 0 saturated carbocycles. The molecule has 3 nitrogen and oxygen atoms in total. The second-order valence-corrected chi connectivity index (χ2v) is 4.00. The van der Waals surface area contributed by atoms with Crippen molar-refractivity contribution in [3.05, 3.63) is 30.1 Å². The Bertz CT molecular complexity index is 364. The first-order valence-corrected chi connectivity index (χ1v) is 5.68. The minimum atomic E-state index is -0.319. The maximum absolute atomic E-state index is 12.6. The largest absolute Gasteiger partial charge is 0.484 e. The SMILES string of the molecule is CCC(C)N(C)C(=O)COc1ccc(F)cc1. The zero-order valence-corrected chi connectivity index (χ0v) is 10.4. The number of halogens is 1. The normalized spacial score (nSPS) is 12.0. The fraction of sp³-hybridized carbons (Fsp3) is 0.462. The Balaban J connectivity index is 2.45. The van der Waals surface area contributed by atoms with Crippen molar-refractivity contribution in [1.82, 2.24) is 4.90 Å². The van der Waals surface area contributed by atoms with Crippen molar-refractivity contribution in [1.29, 1.82) is 0 Å². The van der Waals surface area contributed by atoms with Gasteiger partial charge in [0.25, 0.3) is 5.91 Å². The molecule has 0 radical (unpaired) electrons. The van der Waals surface area contributed by atoms with Crippen LogP contribution in [0.3, 0.4) is 0 Å². The van der Waals surface area contributed by atoms with Gasteiger partial charge in [-0.1, -0.05) is 6.92 Å². The van der Waals surface area contributed by atoms with Crippen LogP contribution in [0.5, 0.6) is 5.75 Å². The number of rotatable bonds is 5. The number of benzene rings is 1. The van der Waals surface area contributed by atoms with Crippen LogP contribution in [0.15, 0.2) is 24.3 Å². The second kappa shape index (κ2) is 6.23. The second-order valence-electron chi connectivity index (χ2n) is 4.00. The van der Waals surface area contributed by atoms with Gasteiger partial charge in [0.05, 0.1) is 0 Å². The molecule has 1 amide bonds. The van der Waals surface area contributed by atoms with E-state index >= 15 is 0 Å². The molecule has 0 spiro atoms. The molecule has 4 heteroatoms. The quantitative estimate of drug-likeness (QED) is 0.790. The van der Waals surface area contributed by atoms with Gasteiger partial charge in [0.15, 0.2) is 6.61 Å². The van der Waals surface area contributed by atoms with Gasteiger partial charge in [-0.05, 0) is 37.6 Å². The zero-order chi connectivity index (χ0) is 12.8. The molecule has 1 aromatic carbocycles. The van der Waals surface area contributed by atoms with Gasteiger partial charge in [-0.3, -0.25) is 4.79 Å². The third-order valence-corrected chi connectivity index (χ3v) is 2.82. The van der Waals surface area contributed by atoms with Crippen molar-refractivity contribution >= 4 is 5.91 Å². The van der Waals surface area contributed by atoms with Crippen LogP contribution in [0.1, 0.15) is 20.3 Å². The average molecular weight is 239 g/mol. The van der Waals surface area contributed by atoms with E-state index in [2.05, 4.69) is 0 Å². The van der Waals surface area contributed by atoms with Crippen LogP contribution in [-0.4, -0.2) is 30.5 Å². The summed E-state index contributed by atoms with van der Waals surface area (Å²) in [5.74, 6) is 0.0985. The monoisotopic (exact) mass is 239 g/mol. The highest BCUT2D eigenvalue weighted by atomic mass is 19.1. The zero-order valence-electron chi connectivity index (χ0n) is 10.4. The summed E-state index contributed by atoms with van der Waals surface area (Å²) in [4.78, 5) is 13.4. The van der Waals surface area contributed by atoms with E-state index in [1.54, 1.807) is 11.9 Å². The van der Waals surface area contributed by atoms with Crippen molar-refractivity contribution in [2.45, 2.75) is 26.3 Å². The molecular weight excluding hydrogens is 221 g/mol. The lowest BCUT2D eigenvalue weighted by Crippen LogP contribution is -2.37. The molecule has 0 saturated heterocycles. The Labute approximate surface area is 101 Å². The number of carbonyl (C=O) groups is 1. The molecule has 0 bridgehead atoms. The Morgan fingerprint density at radius 1 is 1.41 bits per heavy atom. The Morgan fingerprint density at radius 2 is 2.00 bits per heavy atom. The van der Waals surface area contributed by atoms with E-state index in [4.69, 9.17) is 4.74 Å². The van der Waals surface area contributed by atoms with Gasteiger partial charge < -0.3 is 9.64 Å². The molecule has 0 aliphatic rings. The predicted octanol–water partition coefficient (Wildman–Crippen LogP) is 2.46. The van der Waals surface area contributed by atoms with E-state index in [-0.39, 0.29) is 24.4 Å². The molecular formula is C13H18FNO2. The van der Waals surface area contributed by atoms with Crippen LogP contribution in [0.25, 0.3) is 0 Å². The lowest BCUT2D eigenvalue weighted by Gasteiger charge is -2.23. The number of amides is 1. The fourth-order valence-corrected chi connectivity index (χ4v) is 1.30. The van der Waals surface area contributed by atoms with Gasteiger partial charge >= 0.3 is 0 Å². The van der Waals surface area contributed by atoms with Crippen LogP contribution in [0.4, 0.5) is 4.39 Å². The van der Waals surface area contributed by atoms with E-state index in [0.29, 0.717) is 5.75 Å². The smallest absolute Gasteiger partial charge is 0.260 e. The Hall–Kier alpha value is -1.58. The molecule has 0 heterocycles. The molecule has 0 N–H and O–H groups in total. The minimum absolute atomic E-state index is 0.0214. The molecule has 94 valence electrons. The van der Waals surface area contributed by atoms with Crippen molar-refractivity contribution < 1.29 is 13.9 Å². The molecule has 17 heavy (non-hydrogen) atoms. The highest BCUT2D eigenvalue weighted by molar-refractivity contribution is 5.77. The average Bonchev–Trinajstić information content (AvgIpc) is 2.35. The van der Waals surface area contributed by atoms with Crippen LogP contribution in [0, 0.1) is 5.82 Å². The maximum Gasteiger partial charge on any atom is 0.260 e. The molecule has 0 aliphatic heterocycles. The summed E-state index contributed by atoms with van der Waals surface area (Å²) >= 11 is 0. The molecule has 0 aliphatic carbocycles. The first-order chi connectivity index (χ1) is 8.04. The topological polar surface area (TPSA) is 29.5 Å². The summed E-state index contributed by atoms with van der Waals surface area (Å²) in [5, 5.41) is 0. The van der Waals surface area contributed by atoms with Gasteiger partial charge in [0.2, 0.25) is 0 Å². The number of likely N-dealkylation sites (N-methyl/N-ethyl adjacent to an activating group) is 1. The van der Waals surface area contributed by atoms with E-state index in [1.807, 2.05) is 13.8 Å². The van der Waals surface area contributed by atoms with E-state index in [1.165, 1.54) is 24.3 Å². The molecule has 1 unspecified atom stereocenters. The van der Waals surface area contributed by atoms with Crippen LogP contribution < -0.4 is 4.74 Å². The number of hydrogen-bond acceptors (Lipinski definition) is 2. The van der Waals surface area contributed by atoms with Crippen LogP contribution in [-0.2, 0) is 4.79 Å². The van der Waals surface area contributed by atoms with Gasteiger partial charge in [-0.25, -0.2) is 4.39 Å². The maximum atomic E-state index is 12.6. The summed E-state index contributed by atoms with van der Waals surface area (Å²) in [6, 6.07) is 5.81. The summed E-state index contributed by atoms with van der Waals surface area (Å²) in [5.41, 5.74) is 0. The Kier molecular flexibility index (Phi) is 4.94. The van der Waals surface area contributed by atoms with E-state index in [9.17, 15) is 9.18 Å². The van der Waals surface area contributed by atoms with Crippen LogP contribution >= 0.6 is 0 Å². The third-order valence-electron chi connectivity index (χ3n) is 2.82. The lowest BCUT2D eigenvalue weighted by molar-refractivity contribution is -0.133. The predicted molar refractivity (Wildman–Crippen MR) is 64.4 cm³/mol. The van der Waals surface area contributed by atoms with Gasteiger partial charge in [0, 0.05) is 13.1 Å². The third kappa shape index (κ3) is 4.06. The molecule has 0 fully saturated rings. The molecule has 1 rings (SSSR count). The summed E-state index contributed by atoms with van der Waals surface area (Å²) in [6.45, 7) is 3.98. The van der Waals surface area contributed by atoms with Crippen molar-refractivity contribution in [3.63, 3.8) is 0 Å². The number of hydrogen-bond donors (Lipinski definition) is 0. The van der Waals surface area contributed by atoms with Gasteiger partial charge in [0.1, 0.15) is 11.6 Å². The van der Waals surface area contributed by atoms with E-state index in [0.717, 1.165) is 6.42 Å². The lowest BCUT2D eigenvalue weighted by atomic mass is 10.2. The highest BCUT2D eigenvalue weighted by Crippen LogP contribution is 2.11. The Morgan fingerprint density at radius 3 is 2.53 bits per heavy atom. The van der Waals surface area contributed by atoms with Crippen molar-refractivity contribution in [2.24, 2.45) is 0 Å². The fourth-order valence-electron chi connectivity index (χ4n) is 1.30. The van der Waals surface area contributed by atoms with Gasteiger partial charge in [-0.15, -0.1) is 0 Å². The van der Waals surface area contributed by atoms with Gasteiger partial charge in [-0.2, -0.15) is 0 Å². The number of ether oxygens (including phenoxy) is 1. The summed E-state index contributed by atoms with van der Waals surface area (Å²) < 4.78 is 17.9.